The Balaban J connectivity index is 1.68. The molecule has 2 heterocycles. The minimum atomic E-state index is -0.0790. The maximum Gasteiger partial charge on any atom is 0.234 e. The van der Waals surface area contributed by atoms with Gasteiger partial charge in [-0.3, -0.25) is 9.78 Å². The molecular weight excluding hydrogens is 310 g/mol. The van der Waals surface area contributed by atoms with E-state index < -0.39 is 0 Å². The molecule has 0 radical (unpaired) electrons. The summed E-state index contributed by atoms with van der Waals surface area (Å²) in [4.78, 5) is 16.5. The van der Waals surface area contributed by atoms with E-state index in [-0.39, 0.29) is 17.7 Å². The van der Waals surface area contributed by atoms with Gasteiger partial charge in [0.1, 0.15) is 6.33 Å². The van der Waals surface area contributed by atoms with E-state index in [4.69, 9.17) is 0 Å². The third-order valence-corrected chi connectivity index (χ3v) is 4.31. The summed E-state index contributed by atoms with van der Waals surface area (Å²) in [7, 11) is 0. The molecule has 3 rings (SSSR count). The van der Waals surface area contributed by atoms with Crippen molar-refractivity contribution in [3.05, 3.63) is 42.9 Å². The summed E-state index contributed by atoms with van der Waals surface area (Å²) in [6.07, 6.45) is 3.42. The van der Waals surface area contributed by atoms with Gasteiger partial charge in [-0.1, -0.05) is 17.8 Å². The molecular formula is C16H17N5OS. The van der Waals surface area contributed by atoms with E-state index in [0.29, 0.717) is 0 Å². The first-order valence-corrected chi connectivity index (χ1v) is 8.29. The largest absolute Gasteiger partial charge is 0.325 e. The summed E-state index contributed by atoms with van der Waals surface area (Å²) < 4.78 is 1.94. The monoisotopic (exact) mass is 327 g/mol. The number of carbonyl (C=O) groups is 1. The van der Waals surface area contributed by atoms with Gasteiger partial charge in [0.15, 0.2) is 5.16 Å². The van der Waals surface area contributed by atoms with E-state index in [1.165, 1.54) is 11.8 Å². The molecule has 0 spiro atoms. The van der Waals surface area contributed by atoms with E-state index in [1.54, 1.807) is 12.5 Å². The second-order valence-electron chi connectivity index (χ2n) is 5.33. The van der Waals surface area contributed by atoms with Gasteiger partial charge in [0, 0.05) is 17.6 Å². The van der Waals surface area contributed by atoms with Gasteiger partial charge in [-0.15, -0.1) is 10.2 Å². The Bertz CT molecular complexity index is 825. The molecule has 0 aliphatic heterocycles. The number of hydrogen-bond donors (Lipinski definition) is 1. The highest BCUT2D eigenvalue weighted by Crippen LogP contribution is 2.23. The van der Waals surface area contributed by atoms with Crippen LogP contribution in [0.3, 0.4) is 0 Å². The first-order chi connectivity index (χ1) is 11.1. The smallest absolute Gasteiger partial charge is 0.234 e. The first kappa shape index (κ1) is 15.5. The van der Waals surface area contributed by atoms with Crippen LogP contribution in [-0.4, -0.2) is 31.4 Å². The molecule has 0 aliphatic carbocycles. The molecule has 3 aromatic rings. The van der Waals surface area contributed by atoms with Gasteiger partial charge in [-0.05, 0) is 38.1 Å². The number of anilines is 1. The molecule has 23 heavy (non-hydrogen) atoms. The van der Waals surface area contributed by atoms with Gasteiger partial charge in [-0.2, -0.15) is 0 Å². The van der Waals surface area contributed by atoms with Gasteiger partial charge >= 0.3 is 0 Å². The molecule has 0 aliphatic rings. The Morgan fingerprint density at radius 1 is 1.30 bits per heavy atom. The van der Waals surface area contributed by atoms with Crippen LogP contribution in [-0.2, 0) is 4.79 Å². The lowest BCUT2D eigenvalue weighted by Gasteiger charge is -2.10. The molecule has 6 nitrogen and oxygen atoms in total. The number of nitrogens with one attached hydrogen (secondary N) is 1. The standard InChI is InChI=1S/C16H17N5OS/c1-11(2)21-10-18-20-16(21)23-9-15(22)19-14-7-3-6-13-12(14)5-4-8-17-13/h3-8,10-11H,9H2,1-2H3,(H,19,22). The average molecular weight is 327 g/mol. The van der Waals surface area contributed by atoms with Gasteiger partial charge in [-0.25, -0.2) is 0 Å². The van der Waals surface area contributed by atoms with Gasteiger partial charge in [0.25, 0.3) is 0 Å². The molecule has 0 bridgehead atoms. The Morgan fingerprint density at radius 2 is 2.17 bits per heavy atom. The van der Waals surface area contributed by atoms with Gasteiger partial charge in [0.2, 0.25) is 5.91 Å². The third kappa shape index (κ3) is 3.50. The quantitative estimate of drug-likeness (QED) is 0.729. The van der Waals surface area contributed by atoms with E-state index in [2.05, 4.69) is 34.3 Å². The van der Waals surface area contributed by atoms with Crippen molar-refractivity contribution in [2.24, 2.45) is 0 Å². The Labute approximate surface area is 138 Å². The van der Waals surface area contributed by atoms with Crippen molar-refractivity contribution in [1.29, 1.82) is 0 Å². The van der Waals surface area contributed by atoms with Crippen LogP contribution in [0.2, 0.25) is 0 Å². The summed E-state index contributed by atoms with van der Waals surface area (Å²) in [5, 5.41) is 12.6. The average Bonchev–Trinajstić information content (AvgIpc) is 3.02. The topological polar surface area (TPSA) is 72.7 Å². The number of hydrogen-bond acceptors (Lipinski definition) is 5. The van der Waals surface area contributed by atoms with Crippen LogP contribution in [0.25, 0.3) is 10.9 Å². The summed E-state index contributed by atoms with van der Waals surface area (Å²) in [5.41, 5.74) is 1.63. The number of benzene rings is 1. The van der Waals surface area contributed by atoms with Gasteiger partial charge in [0.05, 0.1) is 17.0 Å². The van der Waals surface area contributed by atoms with Crippen molar-refractivity contribution in [3.63, 3.8) is 0 Å². The molecule has 1 N–H and O–H groups in total. The van der Waals surface area contributed by atoms with Crippen molar-refractivity contribution in [2.45, 2.75) is 25.0 Å². The summed E-state index contributed by atoms with van der Waals surface area (Å²) in [5.74, 6) is 0.201. The highest BCUT2D eigenvalue weighted by Gasteiger charge is 2.11. The van der Waals surface area contributed by atoms with E-state index in [0.717, 1.165) is 21.7 Å². The molecule has 2 aromatic heterocycles. The molecule has 0 atom stereocenters. The van der Waals surface area contributed by atoms with Crippen LogP contribution in [0.5, 0.6) is 0 Å². The molecule has 0 saturated heterocycles. The first-order valence-electron chi connectivity index (χ1n) is 7.31. The number of carbonyl (C=O) groups excluding carboxylic acids is 1. The molecule has 1 amide bonds. The molecule has 0 unspecified atom stereocenters. The predicted octanol–water partition coefficient (Wildman–Crippen LogP) is 3.14. The number of aromatic nitrogens is 4. The van der Waals surface area contributed by atoms with Crippen LogP contribution >= 0.6 is 11.8 Å². The minimum absolute atomic E-state index is 0.0790. The fourth-order valence-electron chi connectivity index (χ4n) is 2.22. The van der Waals surface area contributed by atoms with Crippen molar-refractivity contribution in [1.82, 2.24) is 19.7 Å². The highest BCUT2D eigenvalue weighted by atomic mass is 32.2. The molecule has 0 saturated carbocycles. The second-order valence-corrected chi connectivity index (χ2v) is 6.27. The Morgan fingerprint density at radius 3 is 3.00 bits per heavy atom. The van der Waals surface area contributed by atoms with E-state index >= 15 is 0 Å². The highest BCUT2D eigenvalue weighted by molar-refractivity contribution is 7.99. The molecule has 118 valence electrons. The zero-order chi connectivity index (χ0) is 16.2. The number of thioether (sulfide) groups is 1. The summed E-state index contributed by atoms with van der Waals surface area (Å²) in [6, 6.07) is 9.75. The molecule has 7 heteroatoms. The van der Waals surface area contributed by atoms with Gasteiger partial charge < -0.3 is 9.88 Å². The molecule has 0 fully saturated rings. The number of amides is 1. The number of nitrogens with zero attached hydrogens (tertiary/aromatic N) is 4. The SMILES string of the molecule is CC(C)n1cnnc1SCC(=O)Nc1cccc2ncccc12. The van der Waals surface area contributed by atoms with Crippen LogP contribution in [0.15, 0.2) is 48.0 Å². The van der Waals surface area contributed by atoms with Crippen LogP contribution in [0, 0.1) is 0 Å². The number of pyridine rings is 1. The fraction of sp³-hybridized carbons (Fsp3) is 0.250. The predicted molar refractivity (Wildman–Crippen MR) is 91.5 cm³/mol. The fourth-order valence-corrected chi connectivity index (χ4v) is 3.06. The number of fused-ring (bicyclic) bond motifs is 1. The van der Waals surface area contributed by atoms with Crippen molar-refractivity contribution >= 4 is 34.3 Å². The van der Waals surface area contributed by atoms with Crippen LogP contribution in [0.4, 0.5) is 5.69 Å². The van der Waals surface area contributed by atoms with E-state index in [1.807, 2.05) is 34.9 Å². The van der Waals surface area contributed by atoms with E-state index in [9.17, 15) is 4.79 Å². The maximum atomic E-state index is 12.2. The lowest BCUT2D eigenvalue weighted by Crippen LogP contribution is -2.15. The summed E-state index contributed by atoms with van der Waals surface area (Å²) in [6.45, 7) is 4.10. The third-order valence-electron chi connectivity index (χ3n) is 3.35. The van der Waals surface area contributed by atoms with Crippen molar-refractivity contribution in [3.8, 4) is 0 Å². The second kappa shape index (κ2) is 6.78. The van der Waals surface area contributed by atoms with Crippen molar-refractivity contribution in [2.75, 3.05) is 11.1 Å². The van der Waals surface area contributed by atoms with Crippen LogP contribution < -0.4 is 5.32 Å². The molecule has 1 aromatic carbocycles. The lowest BCUT2D eigenvalue weighted by atomic mass is 10.2. The Kier molecular flexibility index (Phi) is 4.57. The zero-order valence-electron chi connectivity index (χ0n) is 12.9. The Hall–Kier alpha value is -2.41. The summed E-state index contributed by atoms with van der Waals surface area (Å²) >= 11 is 1.38. The zero-order valence-corrected chi connectivity index (χ0v) is 13.7. The number of rotatable bonds is 5. The lowest BCUT2D eigenvalue weighted by molar-refractivity contribution is -0.113. The minimum Gasteiger partial charge on any atom is -0.325 e. The van der Waals surface area contributed by atoms with Crippen LogP contribution in [0.1, 0.15) is 19.9 Å². The maximum absolute atomic E-state index is 12.2. The van der Waals surface area contributed by atoms with Crippen molar-refractivity contribution < 1.29 is 4.79 Å². The normalized spacial score (nSPS) is 11.1.